The first-order valence-corrected chi connectivity index (χ1v) is 8.96. The lowest BCUT2D eigenvalue weighted by molar-refractivity contribution is -0.156. The zero-order valence-electron chi connectivity index (χ0n) is 14.8. The number of hydrogen-bond donors (Lipinski definition) is 1. The van der Waals surface area contributed by atoms with Crippen molar-refractivity contribution >= 4 is 28.6 Å². The Morgan fingerprint density at radius 2 is 2.04 bits per heavy atom. The number of fused-ring (bicyclic) bond motifs is 2. The number of halogens is 1. The lowest BCUT2D eigenvalue weighted by Gasteiger charge is -2.28. The summed E-state index contributed by atoms with van der Waals surface area (Å²) in [4.78, 5) is 38.4. The lowest BCUT2D eigenvalue weighted by atomic mass is 10.1. The van der Waals surface area contributed by atoms with Gasteiger partial charge in [-0.1, -0.05) is 22.7 Å². The van der Waals surface area contributed by atoms with Crippen molar-refractivity contribution in [3.63, 3.8) is 0 Å². The van der Waals surface area contributed by atoms with E-state index < -0.39 is 17.9 Å². The number of hydrogen-bond acceptors (Lipinski definition) is 4. The second-order valence-corrected chi connectivity index (χ2v) is 7.02. The van der Waals surface area contributed by atoms with Crippen LogP contribution in [0.3, 0.4) is 0 Å². The quantitative estimate of drug-likeness (QED) is 0.785. The van der Waals surface area contributed by atoms with Crippen LogP contribution in [0, 0.1) is 5.92 Å². The molecule has 0 unspecified atom stereocenters. The van der Waals surface area contributed by atoms with Gasteiger partial charge >= 0.3 is 0 Å². The second-order valence-electron chi connectivity index (χ2n) is 7.02. The molecule has 9 heteroatoms. The SMILES string of the molecule is CCN(F)C(=O)[C@@H]1C[C@H]2C[C@H]2N1C(=O)Cn1nc(C(N)=O)c2ccccc21. The molecule has 1 aliphatic carbocycles. The molecule has 27 heavy (non-hydrogen) atoms. The molecule has 0 spiro atoms. The van der Waals surface area contributed by atoms with E-state index in [-0.39, 0.29) is 41.8 Å². The maximum atomic E-state index is 13.8. The van der Waals surface area contributed by atoms with Crippen LogP contribution < -0.4 is 5.73 Å². The van der Waals surface area contributed by atoms with E-state index in [1.54, 1.807) is 31.2 Å². The summed E-state index contributed by atoms with van der Waals surface area (Å²) in [6.07, 6.45) is 1.32. The van der Waals surface area contributed by atoms with E-state index in [1.165, 1.54) is 9.58 Å². The third-order valence-corrected chi connectivity index (χ3v) is 5.37. The van der Waals surface area contributed by atoms with Crippen LogP contribution in [0.25, 0.3) is 10.9 Å². The van der Waals surface area contributed by atoms with Crippen LogP contribution >= 0.6 is 0 Å². The number of benzene rings is 1. The number of piperidine rings is 1. The van der Waals surface area contributed by atoms with Gasteiger partial charge in [0.1, 0.15) is 12.6 Å². The molecular formula is C18H20FN5O3. The number of aromatic nitrogens is 2. The van der Waals surface area contributed by atoms with Crippen LogP contribution in [0.2, 0.25) is 0 Å². The first-order chi connectivity index (χ1) is 12.9. The number of carbonyl (C=O) groups excluding carboxylic acids is 3. The van der Waals surface area contributed by atoms with Gasteiger partial charge in [0, 0.05) is 11.4 Å². The van der Waals surface area contributed by atoms with Gasteiger partial charge in [0.2, 0.25) is 5.91 Å². The third-order valence-electron chi connectivity index (χ3n) is 5.37. The van der Waals surface area contributed by atoms with Crippen molar-refractivity contribution in [1.29, 1.82) is 0 Å². The molecule has 2 aliphatic rings. The van der Waals surface area contributed by atoms with Crippen LogP contribution in [0.15, 0.2) is 24.3 Å². The number of amides is 3. The Morgan fingerprint density at radius 1 is 1.30 bits per heavy atom. The fraction of sp³-hybridized carbons (Fsp3) is 0.444. The molecule has 3 amide bonds. The maximum absolute atomic E-state index is 13.8. The molecule has 1 aromatic heterocycles. The molecule has 2 aromatic rings. The number of likely N-dealkylation sites (N-methyl/N-ethyl adjacent to an activating group) is 1. The number of carbonyl (C=O) groups is 3. The molecule has 8 nitrogen and oxygen atoms in total. The van der Waals surface area contributed by atoms with E-state index >= 15 is 0 Å². The van der Waals surface area contributed by atoms with Crippen molar-refractivity contribution < 1.29 is 18.9 Å². The maximum Gasteiger partial charge on any atom is 0.273 e. The summed E-state index contributed by atoms with van der Waals surface area (Å²) in [5, 5.41) is 4.91. The summed E-state index contributed by atoms with van der Waals surface area (Å²) >= 11 is 0. The molecule has 1 saturated heterocycles. The molecule has 2 N–H and O–H groups in total. The topological polar surface area (TPSA) is 102 Å². The molecule has 2 heterocycles. The van der Waals surface area contributed by atoms with E-state index in [1.807, 2.05) is 0 Å². The molecule has 2 fully saturated rings. The summed E-state index contributed by atoms with van der Waals surface area (Å²) in [6, 6.07) is 6.20. The average Bonchev–Trinajstić information content (AvgIpc) is 3.17. The van der Waals surface area contributed by atoms with Gasteiger partial charge in [0.15, 0.2) is 5.69 Å². The van der Waals surface area contributed by atoms with E-state index in [4.69, 9.17) is 5.73 Å². The highest BCUT2D eigenvalue weighted by molar-refractivity contribution is 6.04. The monoisotopic (exact) mass is 373 g/mol. The Bertz CT molecular complexity index is 942. The zero-order chi connectivity index (χ0) is 19.3. The van der Waals surface area contributed by atoms with Gasteiger partial charge in [-0.25, -0.2) is 0 Å². The first kappa shape index (κ1) is 17.4. The number of likely N-dealkylation sites (tertiary alicyclic amines) is 1. The Balaban J connectivity index is 1.61. The predicted octanol–water partition coefficient (Wildman–Crippen LogP) is 0.858. The van der Waals surface area contributed by atoms with Gasteiger partial charge in [-0.05, 0) is 31.7 Å². The lowest BCUT2D eigenvalue weighted by Crippen LogP contribution is -2.48. The predicted molar refractivity (Wildman–Crippen MR) is 93.9 cm³/mol. The van der Waals surface area contributed by atoms with E-state index in [9.17, 15) is 18.9 Å². The van der Waals surface area contributed by atoms with Crippen LogP contribution in [-0.2, 0) is 16.1 Å². The van der Waals surface area contributed by atoms with Crippen molar-refractivity contribution in [2.24, 2.45) is 11.7 Å². The highest BCUT2D eigenvalue weighted by atomic mass is 19.2. The minimum absolute atomic E-state index is 0.0193. The molecule has 4 rings (SSSR count). The van der Waals surface area contributed by atoms with Crippen LogP contribution in [0.4, 0.5) is 4.48 Å². The van der Waals surface area contributed by atoms with E-state index in [0.717, 1.165) is 6.42 Å². The van der Waals surface area contributed by atoms with Gasteiger partial charge in [0.05, 0.1) is 12.1 Å². The Kier molecular flexibility index (Phi) is 4.09. The molecule has 1 aromatic carbocycles. The smallest absolute Gasteiger partial charge is 0.273 e. The van der Waals surface area contributed by atoms with Crippen molar-refractivity contribution in [3.8, 4) is 0 Å². The molecule has 0 radical (unpaired) electrons. The summed E-state index contributed by atoms with van der Waals surface area (Å²) in [5.74, 6) is -1.41. The van der Waals surface area contributed by atoms with Crippen molar-refractivity contribution in [3.05, 3.63) is 30.0 Å². The fourth-order valence-electron chi connectivity index (χ4n) is 3.99. The second kappa shape index (κ2) is 6.33. The average molecular weight is 373 g/mol. The summed E-state index contributed by atoms with van der Waals surface area (Å²) in [7, 11) is 0. The van der Waals surface area contributed by atoms with Gasteiger partial charge in [0.25, 0.3) is 11.8 Å². The Hall–Kier alpha value is -2.97. The van der Waals surface area contributed by atoms with Gasteiger partial charge in [-0.15, -0.1) is 0 Å². The normalized spacial score (nSPS) is 23.3. The van der Waals surface area contributed by atoms with E-state index in [2.05, 4.69) is 5.10 Å². The zero-order valence-corrected chi connectivity index (χ0v) is 14.8. The molecule has 3 atom stereocenters. The summed E-state index contributed by atoms with van der Waals surface area (Å²) in [6.45, 7) is 1.35. The molecule has 0 bridgehead atoms. The van der Waals surface area contributed by atoms with Gasteiger partial charge < -0.3 is 10.6 Å². The minimum Gasteiger partial charge on any atom is -0.364 e. The van der Waals surface area contributed by atoms with Gasteiger partial charge in [-0.2, -0.15) is 10.2 Å². The number of rotatable bonds is 5. The Morgan fingerprint density at radius 3 is 2.74 bits per heavy atom. The molecular weight excluding hydrogens is 353 g/mol. The first-order valence-electron chi connectivity index (χ1n) is 8.96. The molecule has 1 aliphatic heterocycles. The van der Waals surface area contributed by atoms with Crippen LogP contribution in [0.5, 0.6) is 0 Å². The highest BCUT2D eigenvalue weighted by Crippen LogP contribution is 2.48. The number of para-hydroxylation sites is 1. The van der Waals surface area contributed by atoms with Crippen LogP contribution in [-0.4, -0.2) is 56.2 Å². The largest absolute Gasteiger partial charge is 0.364 e. The minimum atomic E-state index is -0.774. The number of nitrogens with two attached hydrogens (primary N) is 1. The van der Waals surface area contributed by atoms with Crippen molar-refractivity contribution in [1.82, 2.24) is 19.8 Å². The highest BCUT2D eigenvalue weighted by Gasteiger charge is 2.56. The Labute approximate surface area is 154 Å². The third kappa shape index (κ3) is 2.83. The fourth-order valence-corrected chi connectivity index (χ4v) is 3.99. The number of nitrogens with zero attached hydrogens (tertiary/aromatic N) is 4. The summed E-state index contributed by atoms with van der Waals surface area (Å²) in [5.41, 5.74) is 6.08. The number of primary amides is 1. The van der Waals surface area contributed by atoms with E-state index in [0.29, 0.717) is 17.3 Å². The van der Waals surface area contributed by atoms with Crippen molar-refractivity contribution in [2.45, 2.75) is 38.4 Å². The van der Waals surface area contributed by atoms with Crippen LogP contribution in [0.1, 0.15) is 30.3 Å². The summed E-state index contributed by atoms with van der Waals surface area (Å²) < 4.78 is 15.2. The molecule has 1 saturated carbocycles. The van der Waals surface area contributed by atoms with Crippen molar-refractivity contribution in [2.75, 3.05) is 6.54 Å². The van der Waals surface area contributed by atoms with Gasteiger partial charge in [-0.3, -0.25) is 19.1 Å². The molecule has 142 valence electrons. The standard InChI is InChI=1S/C18H20FN5O3/c1-2-22(19)18(27)14-8-10-7-13(10)24(14)15(25)9-23-12-6-4-3-5-11(12)16(21-23)17(20)26/h3-6,10,13-14H,2,7-9H2,1H3,(H2,20,26)/t10-,13-,14+/m1/s1.